The molecule has 2 aromatic rings. The zero-order valence-corrected chi connectivity index (χ0v) is 8.14. The molecular weight excluding hydrogens is 182 g/mol. The van der Waals surface area contributed by atoms with Crippen molar-refractivity contribution in [3.05, 3.63) is 22.2 Å². The van der Waals surface area contributed by atoms with Crippen LogP contribution in [0.5, 0.6) is 0 Å². The van der Waals surface area contributed by atoms with Crippen LogP contribution in [0.25, 0.3) is 11.0 Å². The zero-order valence-electron chi connectivity index (χ0n) is 7.33. The average molecular weight is 189 g/mol. The fourth-order valence-electron chi connectivity index (χ4n) is 1.20. The number of pyridine rings is 1. The summed E-state index contributed by atoms with van der Waals surface area (Å²) in [7, 11) is 0. The molecule has 13 heavy (non-hydrogen) atoms. The van der Waals surface area contributed by atoms with Gasteiger partial charge in [-0.3, -0.25) is 0 Å². The SMILES string of the molecule is Cc1nc2nsc(C)c2cc1C#N. The fraction of sp³-hybridized carbons (Fsp3) is 0.222. The topological polar surface area (TPSA) is 49.6 Å². The predicted octanol–water partition coefficient (Wildman–Crippen LogP) is 2.18. The first kappa shape index (κ1) is 8.14. The first-order chi connectivity index (χ1) is 6.22. The molecule has 0 aliphatic heterocycles. The van der Waals surface area contributed by atoms with Crippen molar-refractivity contribution in [3.8, 4) is 6.07 Å². The van der Waals surface area contributed by atoms with Crippen molar-refractivity contribution < 1.29 is 0 Å². The van der Waals surface area contributed by atoms with Gasteiger partial charge in [0.25, 0.3) is 0 Å². The maximum Gasteiger partial charge on any atom is 0.173 e. The average Bonchev–Trinajstić information content (AvgIpc) is 2.46. The molecule has 0 spiro atoms. The molecule has 0 aromatic carbocycles. The lowest BCUT2D eigenvalue weighted by molar-refractivity contribution is 1.21. The maximum atomic E-state index is 8.80. The lowest BCUT2D eigenvalue weighted by atomic mass is 10.2. The molecule has 0 saturated heterocycles. The van der Waals surface area contributed by atoms with E-state index < -0.39 is 0 Å². The van der Waals surface area contributed by atoms with E-state index in [9.17, 15) is 0 Å². The summed E-state index contributed by atoms with van der Waals surface area (Å²) in [6.07, 6.45) is 0. The Morgan fingerprint density at radius 2 is 2.23 bits per heavy atom. The third kappa shape index (κ3) is 1.18. The largest absolute Gasteiger partial charge is 0.231 e. The predicted molar refractivity (Wildman–Crippen MR) is 51.6 cm³/mol. The summed E-state index contributed by atoms with van der Waals surface area (Å²) in [6, 6.07) is 3.98. The molecule has 0 aliphatic rings. The standard InChI is InChI=1S/C9H7N3S/c1-5-7(4-10)3-8-6(2)13-12-9(8)11-5/h3H,1-2H3. The number of fused-ring (bicyclic) bond motifs is 1. The molecule has 3 nitrogen and oxygen atoms in total. The molecule has 2 aromatic heterocycles. The number of hydrogen-bond donors (Lipinski definition) is 0. The lowest BCUT2D eigenvalue weighted by Gasteiger charge is -1.95. The van der Waals surface area contributed by atoms with Crippen LogP contribution in [0.15, 0.2) is 6.07 Å². The van der Waals surface area contributed by atoms with Crippen molar-refractivity contribution in [3.63, 3.8) is 0 Å². The molecule has 0 amide bonds. The molecular formula is C9H7N3S. The van der Waals surface area contributed by atoms with Crippen LogP contribution in [-0.4, -0.2) is 9.36 Å². The molecule has 0 bridgehead atoms. The normalized spacial score (nSPS) is 10.2. The summed E-state index contributed by atoms with van der Waals surface area (Å²) < 4.78 is 4.18. The van der Waals surface area contributed by atoms with E-state index in [1.807, 2.05) is 19.9 Å². The van der Waals surface area contributed by atoms with E-state index >= 15 is 0 Å². The van der Waals surface area contributed by atoms with Crippen molar-refractivity contribution in [2.45, 2.75) is 13.8 Å². The molecule has 2 rings (SSSR count). The van der Waals surface area contributed by atoms with Gasteiger partial charge in [-0.05, 0) is 31.4 Å². The minimum Gasteiger partial charge on any atom is -0.231 e. The third-order valence-corrected chi connectivity index (χ3v) is 2.72. The molecule has 64 valence electrons. The Morgan fingerprint density at radius 1 is 1.46 bits per heavy atom. The number of hydrogen-bond acceptors (Lipinski definition) is 4. The Bertz CT molecular complexity index is 507. The van der Waals surface area contributed by atoms with Crippen LogP contribution >= 0.6 is 11.5 Å². The molecule has 0 aliphatic carbocycles. The van der Waals surface area contributed by atoms with Gasteiger partial charge < -0.3 is 0 Å². The minimum absolute atomic E-state index is 0.635. The molecule has 0 N–H and O–H groups in total. The maximum absolute atomic E-state index is 8.80. The van der Waals surface area contributed by atoms with Gasteiger partial charge in [0.15, 0.2) is 5.65 Å². The second-order valence-corrected chi connectivity index (χ2v) is 3.82. The monoisotopic (exact) mass is 189 g/mol. The molecule has 0 unspecified atom stereocenters. The molecule has 0 saturated carbocycles. The van der Waals surface area contributed by atoms with Gasteiger partial charge >= 0.3 is 0 Å². The van der Waals surface area contributed by atoms with Crippen molar-refractivity contribution >= 4 is 22.6 Å². The lowest BCUT2D eigenvalue weighted by Crippen LogP contribution is -1.88. The molecule has 0 fully saturated rings. The van der Waals surface area contributed by atoms with Crippen LogP contribution in [0.1, 0.15) is 16.1 Å². The van der Waals surface area contributed by atoms with Gasteiger partial charge in [0.05, 0.1) is 11.3 Å². The van der Waals surface area contributed by atoms with Gasteiger partial charge in [0.1, 0.15) is 6.07 Å². The highest BCUT2D eigenvalue weighted by molar-refractivity contribution is 7.07. The first-order valence-corrected chi connectivity index (χ1v) is 4.63. The molecule has 4 heteroatoms. The molecule has 0 radical (unpaired) electrons. The Labute approximate surface area is 79.8 Å². The third-order valence-electron chi connectivity index (χ3n) is 1.96. The summed E-state index contributed by atoms with van der Waals surface area (Å²) in [5, 5.41) is 9.79. The summed E-state index contributed by atoms with van der Waals surface area (Å²) >= 11 is 1.42. The Balaban J connectivity index is 2.86. The van der Waals surface area contributed by atoms with Crippen LogP contribution in [-0.2, 0) is 0 Å². The summed E-state index contributed by atoms with van der Waals surface area (Å²) in [4.78, 5) is 5.35. The Kier molecular flexibility index (Phi) is 1.74. The smallest absolute Gasteiger partial charge is 0.173 e. The van der Waals surface area contributed by atoms with E-state index in [0.717, 1.165) is 21.6 Å². The van der Waals surface area contributed by atoms with E-state index in [1.54, 1.807) is 0 Å². The summed E-state index contributed by atoms with van der Waals surface area (Å²) in [6.45, 7) is 3.81. The van der Waals surface area contributed by atoms with Gasteiger partial charge in [0.2, 0.25) is 0 Å². The fourth-order valence-corrected chi connectivity index (χ4v) is 1.81. The number of nitriles is 1. The highest BCUT2D eigenvalue weighted by Crippen LogP contribution is 2.21. The number of rotatable bonds is 0. The van der Waals surface area contributed by atoms with Crippen LogP contribution in [0.4, 0.5) is 0 Å². The van der Waals surface area contributed by atoms with Gasteiger partial charge in [-0.1, -0.05) is 0 Å². The zero-order chi connectivity index (χ0) is 9.42. The van der Waals surface area contributed by atoms with Gasteiger partial charge in [0, 0.05) is 10.3 Å². The van der Waals surface area contributed by atoms with Crippen molar-refractivity contribution in [2.75, 3.05) is 0 Å². The second-order valence-electron chi connectivity index (χ2n) is 2.84. The first-order valence-electron chi connectivity index (χ1n) is 3.86. The quantitative estimate of drug-likeness (QED) is 0.638. The Morgan fingerprint density at radius 3 is 2.92 bits per heavy atom. The van der Waals surface area contributed by atoms with Gasteiger partial charge in [-0.15, -0.1) is 0 Å². The van der Waals surface area contributed by atoms with Crippen molar-refractivity contribution in [2.24, 2.45) is 0 Å². The highest BCUT2D eigenvalue weighted by atomic mass is 32.1. The van der Waals surface area contributed by atoms with Crippen molar-refractivity contribution in [1.29, 1.82) is 5.26 Å². The molecule has 0 atom stereocenters. The minimum atomic E-state index is 0.635. The number of nitrogens with zero attached hydrogens (tertiary/aromatic N) is 3. The highest BCUT2D eigenvalue weighted by Gasteiger charge is 2.06. The Hall–Kier alpha value is -1.47. The van der Waals surface area contributed by atoms with E-state index in [0.29, 0.717) is 5.56 Å². The number of aromatic nitrogens is 2. The van der Waals surface area contributed by atoms with E-state index in [4.69, 9.17) is 5.26 Å². The van der Waals surface area contributed by atoms with Crippen LogP contribution < -0.4 is 0 Å². The molecule has 2 heterocycles. The van der Waals surface area contributed by atoms with Crippen LogP contribution in [0.3, 0.4) is 0 Å². The summed E-state index contributed by atoms with van der Waals surface area (Å²) in [5.41, 5.74) is 2.13. The van der Waals surface area contributed by atoms with Gasteiger partial charge in [-0.2, -0.15) is 9.64 Å². The van der Waals surface area contributed by atoms with Crippen molar-refractivity contribution in [1.82, 2.24) is 9.36 Å². The van der Waals surface area contributed by atoms with E-state index in [1.165, 1.54) is 11.5 Å². The van der Waals surface area contributed by atoms with Gasteiger partial charge in [-0.25, -0.2) is 4.98 Å². The van der Waals surface area contributed by atoms with Crippen LogP contribution in [0, 0.1) is 25.2 Å². The second kappa shape index (κ2) is 2.79. The van der Waals surface area contributed by atoms with Crippen LogP contribution in [0.2, 0.25) is 0 Å². The van der Waals surface area contributed by atoms with E-state index in [2.05, 4.69) is 15.4 Å². The van der Waals surface area contributed by atoms with E-state index in [-0.39, 0.29) is 0 Å². The number of aryl methyl sites for hydroxylation is 2. The summed E-state index contributed by atoms with van der Waals surface area (Å²) in [5.74, 6) is 0.